The zero-order valence-corrected chi connectivity index (χ0v) is 7.09. The molecule has 0 atom stereocenters. The molecule has 1 heterocycles. The Morgan fingerprint density at radius 3 is 2.64 bits per heavy atom. The number of nitrogens with two attached hydrogens (primary N) is 1. The Kier molecular flexibility index (Phi) is 3.08. The molecule has 0 saturated heterocycles. The van der Waals surface area contributed by atoms with Gasteiger partial charge in [-0.3, -0.25) is 9.59 Å². The van der Waals surface area contributed by atoms with Crippen LogP contribution in [-0.4, -0.2) is 11.3 Å². The second-order valence-corrected chi connectivity index (χ2v) is 2.60. The van der Waals surface area contributed by atoms with Gasteiger partial charge in [-0.25, -0.2) is 8.78 Å². The molecule has 3 N–H and O–H groups in total. The highest BCUT2D eigenvalue weighted by molar-refractivity contribution is 5.71. The van der Waals surface area contributed by atoms with Gasteiger partial charge in [-0.1, -0.05) is 0 Å². The molecule has 0 spiro atoms. The van der Waals surface area contributed by atoms with Crippen molar-refractivity contribution in [3.63, 3.8) is 0 Å². The van der Waals surface area contributed by atoms with Crippen LogP contribution in [0.15, 0.2) is 10.9 Å². The van der Waals surface area contributed by atoms with Crippen molar-refractivity contribution in [2.24, 2.45) is 5.73 Å². The highest BCUT2D eigenvalue weighted by atomic mass is 19.3. The van der Waals surface area contributed by atoms with Crippen molar-refractivity contribution in [1.82, 2.24) is 4.98 Å². The number of pyridine rings is 1. The molecule has 14 heavy (non-hydrogen) atoms. The van der Waals surface area contributed by atoms with Crippen LogP contribution in [0.25, 0.3) is 0 Å². The van der Waals surface area contributed by atoms with E-state index in [1.54, 1.807) is 0 Å². The number of carbonyl (C=O) groups excluding carboxylic acids is 1. The molecule has 0 unspecified atom stereocenters. The summed E-state index contributed by atoms with van der Waals surface area (Å²) in [6, 6.07) is 0.946. The monoisotopic (exact) mass is 202 g/mol. The molecule has 0 amide bonds. The third kappa shape index (κ3) is 1.85. The summed E-state index contributed by atoms with van der Waals surface area (Å²) in [7, 11) is 0. The first-order chi connectivity index (χ1) is 6.60. The van der Waals surface area contributed by atoms with E-state index in [2.05, 4.69) is 4.98 Å². The van der Waals surface area contributed by atoms with E-state index in [1.807, 2.05) is 0 Å². The van der Waals surface area contributed by atoms with Crippen molar-refractivity contribution in [2.75, 3.05) is 0 Å². The first kappa shape index (κ1) is 10.5. The largest absolute Gasteiger partial charge is 0.351 e. The summed E-state index contributed by atoms with van der Waals surface area (Å²) in [5.74, 6) is 0. The number of carbonyl (C=O) groups is 1. The van der Waals surface area contributed by atoms with Gasteiger partial charge in [0.2, 0.25) is 0 Å². The van der Waals surface area contributed by atoms with Crippen LogP contribution >= 0.6 is 0 Å². The fraction of sp³-hybridized carbons (Fsp3) is 0.250. The molecule has 1 rings (SSSR count). The molecule has 0 aromatic carbocycles. The van der Waals surface area contributed by atoms with Crippen LogP contribution < -0.4 is 11.2 Å². The molecule has 0 bridgehead atoms. The molecule has 1 aromatic heterocycles. The smallest absolute Gasteiger partial charge is 0.278 e. The van der Waals surface area contributed by atoms with Crippen molar-refractivity contribution in [3.8, 4) is 0 Å². The molecule has 0 fully saturated rings. The van der Waals surface area contributed by atoms with E-state index in [9.17, 15) is 18.4 Å². The van der Waals surface area contributed by atoms with Gasteiger partial charge in [0, 0.05) is 18.2 Å². The van der Waals surface area contributed by atoms with Crippen molar-refractivity contribution >= 4 is 6.29 Å². The zero-order valence-electron chi connectivity index (χ0n) is 7.09. The van der Waals surface area contributed by atoms with Gasteiger partial charge in [0.15, 0.2) is 11.7 Å². The summed E-state index contributed by atoms with van der Waals surface area (Å²) in [5.41, 5.74) is 3.54. The summed E-state index contributed by atoms with van der Waals surface area (Å²) in [6.07, 6.45) is -2.55. The number of hydrogen-bond acceptors (Lipinski definition) is 3. The Labute approximate surface area is 77.7 Å². The van der Waals surface area contributed by atoms with Gasteiger partial charge in [-0.05, 0) is 0 Å². The number of H-pyrrole nitrogens is 1. The van der Waals surface area contributed by atoms with E-state index in [0.29, 0.717) is 6.29 Å². The molecule has 0 aliphatic rings. The number of alkyl halides is 2. The third-order valence-corrected chi connectivity index (χ3v) is 1.74. The van der Waals surface area contributed by atoms with Crippen LogP contribution in [0.2, 0.25) is 0 Å². The van der Waals surface area contributed by atoms with Gasteiger partial charge in [-0.15, -0.1) is 0 Å². The van der Waals surface area contributed by atoms with Crippen LogP contribution in [0.4, 0.5) is 8.78 Å². The third-order valence-electron chi connectivity index (χ3n) is 1.74. The lowest BCUT2D eigenvalue weighted by Crippen LogP contribution is -2.18. The first-order valence-electron chi connectivity index (χ1n) is 3.79. The fourth-order valence-electron chi connectivity index (χ4n) is 1.09. The Morgan fingerprint density at radius 1 is 1.57 bits per heavy atom. The standard InChI is InChI=1S/C8H8F2N2O2/c9-8(10)7-5(2-11)6(14)1-4(3-13)12-7/h1,3,8H,2,11H2,(H,12,14). The lowest BCUT2D eigenvalue weighted by Gasteiger charge is -2.06. The molecular formula is C8H8F2N2O2. The Hall–Kier alpha value is -1.56. The Morgan fingerprint density at radius 2 is 2.21 bits per heavy atom. The zero-order chi connectivity index (χ0) is 10.7. The van der Waals surface area contributed by atoms with Gasteiger partial charge in [0.1, 0.15) is 0 Å². The van der Waals surface area contributed by atoms with E-state index in [4.69, 9.17) is 5.73 Å². The maximum Gasteiger partial charge on any atom is 0.278 e. The minimum absolute atomic E-state index is 0.178. The molecule has 0 radical (unpaired) electrons. The molecule has 0 saturated carbocycles. The van der Waals surface area contributed by atoms with Crippen LogP contribution in [0.1, 0.15) is 28.2 Å². The van der Waals surface area contributed by atoms with Gasteiger partial charge < -0.3 is 10.7 Å². The fourth-order valence-corrected chi connectivity index (χ4v) is 1.09. The molecule has 4 nitrogen and oxygen atoms in total. The van der Waals surface area contributed by atoms with Crippen molar-refractivity contribution in [1.29, 1.82) is 0 Å². The lowest BCUT2D eigenvalue weighted by atomic mass is 10.1. The van der Waals surface area contributed by atoms with Gasteiger partial charge in [-0.2, -0.15) is 0 Å². The number of hydrogen-bond donors (Lipinski definition) is 2. The number of nitrogens with one attached hydrogen (secondary N) is 1. The Bertz CT molecular complexity index is 401. The maximum atomic E-state index is 12.4. The van der Waals surface area contributed by atoms with E-state index in [1.165, 1.54) is 0 Å². The normalized spacial score (nSPS) is 10.6. The minimum Gasteiger partial charge on any atom is -0.351 e. The van der Waals surface area contributed by atoms with Crippen LogP contribution in [-0.2, 0) is 6.54 Å². The molecule has 0 aliphatic heterocycles. The number of aromatic amines is 1. The number of halogens is 2. The minimum atomic E-state index is -2.85. The van der Waals surface area contributed by atoms with Crippen LogP contribution in [0.3, 0.4) is 0 Å². The average molecular weight is 202 g/mol. The number of rotatable bonds is 3. The number of aldehydes is 1. The quantitative estimate of drug-likeness (QED) is 0.704. The van der Waals surface area contributed by atoms with Crippen molar-refractivity contribution in [2.45, 2.75) is 13.0 Å². The highest BCUT2D eigenvalue weighted by Crippen LogP contribution is 2.18. The topological polar surface area (TPSA) is 76.0 Å². The second-order valence-electron chi connectivity index (χ2n) is 2.60. The average Bonchev–Trinajstić information content (AvgIpc) is 2.16. The summed E-state index contributed by atoms with van der Waals surface area (Å²) >= 11 is 0. The maximum absolute atomic E-state index is 12.4. The van der Waals surface area contributed by atoms with E-state index < -0.39 is 17.5 Å². The van der Waals surface area contributed by atoms with E-state index >= 15 is 0 Å². The predicted octanol–water partition coefficient (Wildman–Crippen LogP) is 0.584. The van der Waals surface area contributed by atoms with Crippen molar-refractivity contribution < 1.29 is 13.6 Å². The van der Waals surface area contributed by atoms with Crippen LogP contribution in [0.5, 0.6) is 0 Å². The van der Waals surface area contributed by atoms with Crippen LogP contribution in [0, 0.1) is 0 Å². The SMILES string of the molecule is NCc1c(C(F)F)[nH]c(C=O)cc1=O. The summed E-state index contributed by atoms with van der Waals surface area (Å²) in [5, 5.41) is 0. The number of aromatic nitrogens is 1. The molecule has 6 heteroatoms. The van der Waals surface area contributed by atoms with Crippen molar-refractivity contribution in [3.05, 3.63) is 33.2 Å². The molecular weight excluding hydrogens is 194 g/mol. The van der Waals surface area contributed by atoms with E-state index in [-0.39, 0.29) is 17.8 Å². The summed E-state index contributed by atoms with van der Waals surface area (Å²) in [4.78, 5) is 23.6. The lowest BCUT2D eigenvalue weighted by molar-refractivity contribution is 0.111. The second kappa shape index (κ2) is 4.10. The summed E-state index contributed by atoms with van der Waals surface area (Å²) < 4.78 is 24.7. The van der Waals surface area contributed by atoms with E-state index in [0.717, 1.165) is 6.07 Å². The van der Waals surface area contributed by atoms with Gasteiger partial charge >= 0.3 is 0 Å². The molecule has 0 aliphatic carbocycles. The first-order valence-corrected chi connectivity index (χ1v) is 3.79. The summed E-state index contributed by atoms with van der Waals surface area (Å²) in [6.45, 7) is -0.284. The van der Waals surface area contributed by atoms with Gasteiger partial charge in [0.25, 0.3) is 6.43 Å². The highest BCUT2D eigenvalue weighted by Gasteiger charge is 2.16. The molecule has 1 aromatic rings. The Balaban J connectivity index is 3.43. The molecule has 76 valence electrons. The predicted molar refractivity (Wildman–Crippen MR) is 45.3 cm³/mol. The van der Waals surface area contributed by atoms with Gasteiger partial charge in [0.05, 0.1) is 11.4 Å².